The molecule has 2 rings (SSSR count). The molecule has 0 atom stereocenters. The SMILES string of the molecule is Nc1ccc(-c2cc(C(=O)O)ccn2)cn1. The van der Waals surface area contributed by atoms with Crippen LogP contribution < -0.4 is 5.73 Å². The summed E-state index contributed by atoms with van der Waals surface area (Å²) in [6, 6.07) is 6.33. The quantitative estimate of drug-likeness (QED) is 0.790. The molecule has 0 aromatic carbocycles. The Morgan fingerprint density at radius 2 is 2.06 bits per heavy atom. The van der Waals surface area contributed by atoms with Gasteiger partial charge >= 0.3 is 5.97 Å². The molecule has 0 spiro atoms. The van der Waals surface area contributed by atoms with Crippen molar-refractivity contribution in [3.63, 3.8) is 0 Å². The minimum absolute atomic E-state index is 0.196. The van der Waals surface area contributed by atoms with Gasteiger partial charge in [-0.3, -0.25) is 4.98 Å². The minimum atomic E-state index is -0.980. The lowest BCUT2D eigenvalue weighted by atomic mass is 10.1. The average Bonchev–Trinajstić information content (AvgIpc) is 2.30. The minimum Gasteiger partial charge on any atom is -0.478 e. The largest absolute Gasteiger partial charge is 0.478 e. The summed E-state index contributed by atoms with van der Waals surface area (Å²) in [7, 11) is 0. The zero-order valence-corrected chi connectivity index (χ0v) is 8.29. The van der Waals surface area contributed by atoms with E-state index in [1.54, 1.807) is 18.3 Å². The van der Waals surface area contributed by atoms with E-state index >= 15 is 0 Å². The van der Waals surface area contributed by atoms with Crippen molar-refractivity contribution in [1.82, 2.24) is 9.97 Å². The number of aromatic nitrogens is 2. The molecule has 0 radical (unpaired) electrons. The molecule has 0 aliphatic carbocycles. The number of aromatic carboxylic acids is 1. The summed E-state index contributed by atoms with van der Waals surface area (Å²) in [6.45, 7) is 0. The van der Waals surface area contributed by atoms with E-state index < -0.39 is 5.97 Å². The third-order valence-electron chi connectivity index (χ3n) is 2.09. The molecule has 16 heavy (non-hydrogen) atoms. The van der Waals surface area contributed by atoms with E-state index in [4.69, 9.17) is 10.8 Å². The lowest BCUT2D eigenvalue weighted by Gasteiger charge is -2.01. The second-order valence-corrected chi connectivity index (χ2v) is 3.21. The van der Waals surface area contributed by atoms with Crippen molar-refractivity contribution in [3.05, 3.63) is 42.2 Å². The van der Waals surface area contributed by atoms with Crippen molar-refractivity contribution >= 4 is 11.8 Å². The van der Waals surface area contributed by atoms with E-state index in [1.807, 2.05) is 0 Å². The number of anilines is 1. The number of pyridine rings is 2. The zero-order chi connectivity index (χ0) is 11.5. The summed E-state index contributed by atoms with van der Waals surface area (Å²) >= 11 is 0. The van der Waals surface area contributed by atoms with E-state index in [1.165, 1.54) is 18.3 Å². The highest BCUT2D eigenvalue weighted by Gasteiger charge is 2.05. The maximum absolute atomic E-state index is 10.8. The van der Waals surface area contributed by atoms with Gasteiger partial charge in [-0.1, -0.05) is 0 Å². The molecule has 0 saturated heterocycles. The summed E-state index contributed by atoms with van der Waals surface area (Å²) in [4.78, 5) is 18.8. The van der Waals surface area contributed by atoms with Crippen LogP contribution in [0.5, 0.6) is 0 Å². The Kier molecular flexibility index (Phi) is 2.51. The van der Waals surface area contributed by atoms with E-state index in [0.717, 1.165) is 5.56 Å². The van der Waals surface area contributed by atoms with Crippen molar-refractivity contribution in [2.75, 3.05) is 5.73 Å². The van der Waals surface area contributed by atoms with E-state index in [-0.39, 0.29) is 5.56 Å². The van der Waals surface area contributed by atoms with Gasteiger partial charge in [0.25, 0.3) is 0 Å². The van der Waals surface area contributed by atoms with E-state index in [2.05, 4.69) is 9.97 Å². The van der Waals surface area contributed by atoms with Crippen molar-refractivity contribution < 1.29 is 9.90 Å². The van der Waals surface area contributed by atoms with Gasteiger partial charge < -0.3 is 10.8 Å². The Labute approximate surface area is 91.6 Å². The first kappa shape index (κ1) is 10.1. The number of hydrogen-bond acceptors (Lipinski definition) is 4. The first-order valence-electron chi connectivity index (χ1n) is 4.58. The number of hydrogen-bond donors (Lipinski definition) is 2. The number of nitrogen functional groups attached to an aromatic ring is 1. The first-order valence-corrected chi connectivity index (χ1v) is 4.58. The summed E-state index contributed by atoms with van der Waals surface area (Å²) in [5.74, 6) is -0.565. The molecule has 3 N–H and O–H groups in total. The highest BCUT2D eigenvalue weighted by Crippen LogP contribution is 2.17. The second kappa shape index (κ2) is 3.98. The molecule has 5 heteroatoms. The van der Waals surface area contributed by atoms with E-state index in [0.29, 0.717) is 11.5 Å². The monoisotopic (exact) mass is 215 g/mol. The molecule has 0 fully saturated rings. The maximum Gasteiger partial charge on any atom is 0.335 e. The Morgan fingerprint density at radius 3 is 2.69 bits per heavy atom. The van der Waals surface area contributed by atoms with Gasteiger partial charge in [-0.15, -0.1) is 0 Å². The van der Waals surface area contributed by atoms with Crippen molar-refractivity contribution in [1.29, 1.82) is 0 Å². The molecule has 0 amide bonds. The predicted octanol–water partition coefficient (Wildman–Crippen LogP) is 1.42. The number of carboxylic acids is 1. The zero-order valence-electron chi connectivity index (χ0n) is 8.29. The van der Waals surface area contributed by atoms with Crippen LogP contribution in [0.1, 0.15) is 10.4 Å². The maximum atomic E-state index is 10.8. The van der Waals surface area contributed by atoms with Crippen molar-refractivity contribution in [3.8, 4) is 11.3 Å². The van der Waals surface area contributed by atoms with Crippen LogP contribution in [0.25, 0.3) is 11.3 Å². The van der Waals surface area contributed by atoms with Crippen LogP contribution in [0, 0.1) is 0 Å². The van der Waals surface area contributed by atoms with Crippen LogP contribution in [-0.2, 0) is 0 Å². The van der Waals surface area contributed by atoms with Crippen LogP contribution in [0.4, 0.5) is 5.82 Å². The molecule has 0 aliphatic rings. The highest BCUT2D eigenvalue weighted by molar-refractivity contribution is 5.88. The molecule has 0 unspecified atom stereocenters. The van der Waals surface area contributed by atoms with Crippen molar-refractivity contribution in [2.24, 2.45) is 0 Å². The fraction of sp³-hybridized carbons (Fsp3) is 0. The molecule has 80 valence electrons. The second-order valence-electron chi connectivity index (χ2n) is 3.21. The molecule has 2 aromatic rings. The molecular weight excluding hydrogens is 206 g/mol. The number of nitrogens with two attached hydrogens (primary N) is 1. The summed E-state index contributed by atoms with van der Waals surface area (Å²) < 4.78 is 0. The molecule has 0 saturated carbocycles. The number of rotatable bonds is 2. The molecule has 2 heterocycles. The van der Waals surface area contributed by atoms with Gasteiger partial charge in [0.1, 0.15) is 5.82 Å². The van der Waals surface area contributed by atoms with Gasteiger partial charge in [-0.2, -0.15) is 0 Å². The van der Waals surface area contributed by atoms with Gasteiger partial charge in [0.2, 0.25) is 0 Å². The Hall–Kier alpha value is -2.43. The number of carboxylic acid groups (broad SMARTS) is 1. The molecule has 0 bridgehead atoms. The average molecular weight is 215 g/mol. The Morgan fingerprint density at radius 1 is 1.25 bits per heavy atom. The van der Waals surface area contributed by atoms with Crippen LogP contribution in [-0.4, -0.2) is 21.0 Å². The van der Waals surface area contributed by atoms with Crippen LogP contribution in [0.3, 0.4) is 0 Å². The van der Waals surface area contributed by atoms with Gasteiger partial charge in [0.15, 0.2) is 0 Å². The Balaban J connectivity index is 2.44. The molecular formula is C11H9N3O2. The molecule has 2 aromatic heterocycles. The van der Waals surface area contributed by atoms with Gasteiger partial charge in [-0.25, -0.2) is 9.78 Å². The summed E-state index contributed by atoms with van der Waals surface area (Å²) in [6.07, 6.45) is 3.01. The third kappa shape index (κ3) is 1.98. The lowest BCUT2D eigenvalue weighted by Crippen LogP contribution is -1.97. The first-order chi connectivity index (χ1) is 7.66. The van der Waals surface area contributed by atoms with Gasteiger partial charge in [-0.05, 0) is 24.3 Å². The molecule has 5 nitrogen and oxygen atoms in total. The van der Waals surface area contributed by atoms with Gasteiger partial charge in [0, 0.05) is 18.0 Å². The third-order valence-corrected chi connectivity index (χ3v) is 2.09. The fourth-order valence-electron chi connectivity index (χ4n) is 1.28. The Bertz CT molecular complexity index is 523. The summed E-state index contributed by atoms with van der Waals surface area (Å²) in [5.41, 5.74) is 6.95. The molecule has 0 aliphatic heterocycles. The standard InChI is InChI=1S/C11H9N3O2/c12-10-2-1-8(6-14-10)9-5-7(11(15)16)3-4-13-9/h1-6H,(H2,12,14)(H,15,16). The van der Waals surface area contributed by atoms with Gasteiger partial charge in [0.05, 0.1) is 11.3 Å². The van der Waals surface area contributed by atoms with Crippen LogP contribution in [0.15, 0.2) is 36.7 Å². The number of nitrogens with zero attached hydrogens (tertiary/aromatic N) is 2. The number of carbonyl (C=O) groups is 1. The van der Waals surface area contributed by atoms with E-state index in [9.17, 15) is 4.79 Å². The van der Waals surface area contributed by atoms with Crippen LogP contribution >= 0.6 is 0 Å². The summed E-state index contributed by atoms with van der Waals surface area (Å²) in [5, 5.41) is 8.84. The normalized spacial score (nSPS) is 10.0. The topological polar surface area (TPSA) is 89.1 Å². The highest BCUT2D eigenvalue weighted by atomic mass is 16.4. The predicted molar refractivity (Wildman–Crippen MR) is 58.8 cm³/mol. The van der Waals surface area contributed by atoms with Crippen molar-refractivity contribution in [2.45, 2.75) is 0 Å². The lowest BCUT2D eigenvalue weighted by molar-refractivity contribution is 0.0697. The fourth-order valence-corrected chi connectivity index (χ4v) is 1.28. The van der Waals surface area contributed by atoms with Crippen LogP contribution in [0.2, 0.25) is 0 Å². The smallest absolute Gasteiger partial charge is 0.335 e.